The molecule has 0 saturated carbocycles. The van der Waals surface area contributed by atoms with Crippen molar-refractivity contribution in [1.82, 2.24) is 0 Å². The maximum Gasteiger partial charge on any atom is 0.311 e. The molecule has 1 aliphatic rings. The first-order valence-corrected chi connectivity index (χ1v) is 8.57. The third-order valence-corrected chi connectivity index (χ3v) is 4.79. The van der Waals surface area contributed by atoms with Gasteiger partial charge in [-0.1, -0.05) is 25.0 Å². The number of allylic oxidation sites excluding steroid dienone is 1. The van der Waals surface area contributed by atoms with Gasteiger partial charge in [0.05, 0.1) is 38.4 Å². The Morgan fingerprint density at radius 2 is 1.81 bits per heavy atom. The molecule has 0 saturated heterocycles. The van der Waals surface area contributed by atoms with Gasteiger partial charge in [0.25, 0.3) is 0 Å². The molecule has 1 rings (SSSR count). The summed E-state index contributed by atoms with van der Waals surface area (Å²) in [6.07, 6.45) is 3.29. The lowest BCUT2D eigenvalue weighted by Gasteiger charge is -2.34. The summed E-state index contributed by atoms with van der Waals surface area (Å²) < 4.78 is 9.37. The van der Waals surface area contributed by atoms with Crippen molar-refractivity contribution in [2.75, 3.05) is 14.2 Å². The lowest BCUT2D eigenvalue weighted by molar-refractivity contribution is -0.157. The lowest BCUT2D eigenvalue weighted by atomic mass is 9.69. The average molecular weight is 370 g/mol. The van der Waals surface area contributed by atoms with Crippen LogP contribution < -0.4 is 0 Å². The number of ether oxygens (including phenoxy) is 2. The zero-order chi connectivity index (χ0) is 19.9. The van der Waals surface area contributed by atoms with Crippen molar-refractivity contribution in [3.05, 3.63) is 11.6 Å². The highest BCUT2D eigenvalue weighted by atomic mass is 16.5. The number of esters is 2. The first-order valence-electron chi connectivity index (χ1n) is 8.57. The fourth-order valence-corrected chi connectivity index (χ4v) is 3.43. The second-order valence-electron chi connectivity index (χ2n) is 6.42. The molecule has 8 heteroatoms. The highest BCUT2D eigenvalue weighted by Crippen LogP contribution is 2.40. The molecule has 0 aromatic carbocycles. The number of hydrogen-bond acceptors (Lipinski definition) is 6. The maximum absolute atomic E-state index is 12.2. The fraction of sp³-hybridized carbons (Fsp3) is 0.667. The van der Waals surface area contributed by atoms with Gasteiger partial charge < -0.3 is 19.7 Å². The van der Waals surface area contributed by atoms with Gasteiger partial charge in [0.2, 0.25) is 0 Å². The SMILES string of the molecule is CCCCC1=CC(C(CC(=O)OC)C(=O)OC)CC(C(=O)O)C1C(=O)O. The number of hydrogen-bond donors (Lipinski definition) is 2. The van der Waals surface area contributed by atoms with Crippen molar-refractivity contribution in [3.8, 4) is 0 Å². The average Bonchev–Trinajstić information content (AvgIpc) is 2.62. The van der Waals surface area contributed by atoms with E-state index in [9.17, 15) is 29.4 Å². The minimum Gasteiger partial charge on any atom is -0.481 e. The number of carboxylic acid groups (broad SMARTS) is 2. The number of unbranched alkanes of at least 4 members (excludes halogenated alkanes) is 1. The van der Waals surface area contributed by atoms with Crippen molar-refractivity contribution in [3.63, 3.8) is 0 Å². The van der Waals surface area contributed by atoms with E-state index in [0.29, 0.717) is 18.4 Å². The Hall–Kier alpha value is -2.38. The molecule has 0 radical (unpaired) electrons. The largest absolute Gasteiger partial charge is 0.481 e. The van der Waals surface area contributed by atoms with E-state index >= 15 is 0 Å². The summed E-state index contributed by atoms with van der Waals surface area (Å²) in [5.74, 6) is -7.51. The summed E-state index contributed by atoms with van der Waals surface area (Å²) in [6, 6.07) is 0. The number of rotatable bonds is 9. The highest BCUT2D eigenvalue weighted by molar-refractivity contribution is 5.84. The third kappa shape index (κ3) is 5.31. The Kier molecular flexibility index (Phi) is 8.28. The quantitative estimate of drug-likeness (QED) is 0.465. The molecule has 1 aliphatic carbocycles. The van der Waals surface area contributed by atoms with Gasteiger partial charge in [0.1, 0.15) is 0 Å². The molecular formula is C18H26O8. The van der Waals surface area contributed by atoms with E-state index in [1.807, 2.05) is 6.92 Å². The molecule has 0 amide bonds. The van der Waals surface area contributed by atoms with Crippen LogP contribution in [0, 0.1) is 23.7 Å². The molecule has 0 heterocycles. The van der Waals surface area contributed by atoms with Crippen LogP contribution in [0.25, 0.3) is 0 Å². The van der Waals surface area contributed by atoms with Crippen LogP contribution in [0.2, 0.25) is 0 Å². The predicted octanol–water partition coefficient (Wildman–Crippen LogP) is 1.88. The van der Waals surface area contributed by atoms with E-state index in [-0.39, 0.29) is 12.8 Å². The number of carbonyl (C=O) groups excluding carboxylic acids is 2. The summed E-state index contributed by atoms with van der Waals surface area (Å²) in [4.78, 5) is 47.2. The van der Waals surface area contributed by atoms with Crippen molar-refractivity contribution < 1.29 is 38.9 Å². The number of aliphatic carboxylic acids is 2. The van der Waals surface area contributed by atoms with Gasteiger partial charge >= 0.3 is 23.9 Å². The van der Waals surface area contributed by atoms with E-state index < -0.39 is 47.5 Å². The van der Waals surface area contributed by atoms with Crippen molar-refractivity contribution in [1.29, 1.82) is 0 Å². The van der Waals surface area contributed by atoms with Gasteiger partial charge in [-0.2, -0.15) is 0 Å². The summed E-state index contributed by atoms with van der Waals surface area (Å²) in [7, 11) is 2.38. The summed E-state index contributed by atoms with van der Waals surface area (Å²) >= 11 is 0. The molecule has 146 valence electrons. The van der Waals surface area contributed by atoms with Crippen molar-refractivity contribution >= 4 is 23.9 Å². The van der Waals surface area contributed by atoms with Crippen LogP contribution in [0.4, 0.5) is 0 Å². The zero-order valence-corrected chi connectivity index (χ0v) is 15.3. The molecule has 0 aromatic rings. The molecular weight excluding hydrogens is 344 g/mol. The minimum atomic E-state index is -1.23. The Morgan fingerprint density at radius 1 is 1.15 bits per heavy atom. The van der Waals surface area contributed by atoms with E-state index in [1.54, 1.807) is 6.08 Å². The fourth-order valence-electron chi connectivity index (χ4n) is 3.43. The van der Waals surface area contributed by atoms with Crippen LogP contribution >= 0.6 is 0 Å². The molecule has 4 atom stereocenters. The zero-order valence-electron chi connectivity index (χ0n) is 15.3. The molecule has 4 unspecified atom stereocenters. The standard InChI is InChI=1S/C18H26O8/c1-4-5-6-10-7-11(8-13(16(20)21)15(10)17(22)23)12(18(24)26-3)9-14(19)25-2/h7,11-13,15H,4-6,8-9H2,1-3H3,(H,20,21)(H,22,23). The molecule has 0 spiro atoms. The maximum atomic E-state index is 12.2. The molecule has 0 bridgehead atoms. The van der Waals surface area contributed by atoms with Crippen molar-refractivity contribution in [2.24, 2.45) is 23.7 Å². The lowest BCUT2D eigenvalue weighted by Crippen LogP contribution is -2.39. The van der Waals surface area contributed by atoms with Gasteiger partial charge in [-0.25, -0.2) is 0 Å². The van der Waals surface area contributed by atoms with E-state index in [4.69, 9.17) is 4.74 Å². The van der Waals surface area contributed by atoms with E-state index in [1.165, 1.54) is 14.2 Å². The Labute approximate surface area is 152 Å². The number of carbonyl (C=O) groups is 4. The van der Waals surface area contributed by atoms with Crippen LogP contribution in [0.15, 0.2) is 11.6 Å². The molecule has 26 heavy (non-hydrogen) atoms. The number of carboxylic acids is 2. The molecule has 0 aliphatic heterocycles. The second-order valence-corrected chi connectivity index (χ2v) is 6.42. The molecule has 0 aromatic heterocycles. The Morgan fingerprint density at radius 3 is 2.27 bits per heavy atom. The Bertz CT molecular complexity index is 580. The van der Waals surface area contributed by atoms with Crippen LogP contribution in [-0.4, -0.2) is 48.3 Å². The van der Waals surface area contributed by atoms with Crippen LogP contribution in [0.1, 0.15) is 39.0 Å². The summed E-state index contributed by atoms with van der Waals surface area (Å²) in [5.41, 5.74) is 0.488. The van der Waals surface area contributed by atoms with Gasteiger partial charge in [-0.15, -0.1) is 0 Å². The monoisotopic (exact) mass is 370 g/mol. The molecule has 2 N–H and O–H groups in total. The predicted molar refractivity (Wildman–Crippen MR) is 90.1 cm³/mol. The first kappa shape index (κ1) is 21.7. The second kappa shape index (κ2) is 9.94. The minimum absolute atomic E-state index is 0.0569. The first-order chi connectivity index (χ1) is 12.3. The van der Waals surface area contributed by atoms with Gasteiger partial charge in [-0.05, 0) is 25.2 Å². The highest BCUT2D eigenvalue weighted by Gasteiger charge is 2.44. The number of methoxy groups -OCH3 is 2. The van der Waals surface area contributed by atoms with Crippen LogP contribution in [-0.2, 0) is 28.7 Å². The Balaban J connectivity index is 3.30. The molecule has 8 nitrogen and oxygen atoms in total. The topological polar surface area (TPSA) is 127 Å². The van der Waals surface area contributed by atoms with Crippen LogP contribution in [0.5, 0.6) is 0 Å². The van der Waals surface area contributed by atoms with Gasteiger partial charge in [0.15, 0.2) is 0 Å². The smallest absolute Gasteiger partial charge is 0.311 e. The van der Waals surface area contributed by atoms with Crippen LogP contribution in [0.3, 0.4) is 0 Å². The van der Waals surface area contributed by atoms with Gasteiger partial charge in [0, 0.05) is 0 Å². The van der Waals surface area contributed by atoms with E-state index in [2.05, 4.69) is 4.74 Å². The van der Waals surface area contributed by atoms with Crippen molar-refractivity contribution in [2.45, 2.75) is 39.0 Å². The normalized spacial score (nSPS) is 23.5. The third-order valence-electron chi connectivity index (χ3n) is 4.79. The molecule has 0 fully saturated rings. The van der Waals surface area contributed by atoms with Gasteiger partial charge in [-0.3, -0.25) is 19.2 Å². The van der Waals surface area contributed by atoms with E-state index in [0.717, 1.165) is 6.42 Å². The summed E-state index contributed by atoms with van der Waals surface area (Å²) in [6.45, 7) is 1.94. The summed E-state index contributed by atoms with van der Waals surface area (Å²) in [5, 5.41) is 19.0.